The van der Waals surface area contributed by atoms with Crippen LogP contribution in [0.3, 0.4) is 0 Å². The third kappa shape index (κ3) is 5.97. The number of aryl methyl sites for hydroxylation is 1. The summed E-state index contributed by atoms with van der Waals surface area (Å²) < 4.78 is 10.1. The number of esters is 1. The van der Waals surface area contributed by atoms with E-state index in [1.807, 2.05) is 55.5 Å². The fraction of sp³-hybridized carbons (Fsp3) is 0.154. The molecule has 3 aromatic carbocycles. The first kappa shape index (κ1) is 21.7. The van der Waals surface area contributed by atoms with Gasteiger partial charge in [0.25, 0.3) is 0 Å². The van der Waals surface area contributed by atoms with E-state index in [1.165, 1.54) is 7.11 Å². The number of anilines is 1. The van der Waals surface area contributed by atoms with Crippen molar-refractivity contribution < 1.29 is 19.1 Å². The number of nitrogens with one attached hydrogen (secondary N) is 1. The second-order valence-corrected chi connectivity index (χ2v) is 6.94. The van der Waals surface area contributed by atoms with Crippen LogP contribution in [0, 0.1) is 18.8 Å². The van der Waals surface area contributed by atoms with E-state index in [4.69, 9.17) is 9.47 Å². The van der Waals surface area contributed by atoms with Gasteiger partial charge in [-0.25, -0.2) is 4.79 Å². The Bertz CT molecular complexity index is 1170. The summed E-state index contributed by atoms with van der Waals surface area (Å²) in [5.74, 6) is 6.24. The van der Waals surface area contributed by atoms with Crippen molar-refractivity contribution in [3.8, 4) is 17.6 Å². The van der Waals surface area contributed by atoms with Gasteiger partial charge in [0.2, 0.25) is 5.91 Å². The van der Waals surface area contributed by atoms with Gasteiger partial charge in [0, 0.05) is 22.4 Å². The van der Waals surface area contributed by atoms with Crippen LogP contribution in [0.2, 0.25) is 0 Å². The molecule has 0 spiro atoms. The first-order valence-corrected chi connectivity index (χ1v) is 9.72. The molecule has 3 aromatic rings. The van der Waals surface area contributed by atoms with Gasteiger partial charge in [-0.1, -0.05) is 41.7 Å². The molecule has 156 valence electrons. The highest BCUT2D eigenvalue weighted by Gasteiger charge is 2.10. The third-order valence-corrected chi connectivity index (χ3v) is 4.57. The molecular formula is C26H23NO4. The minimum absolute atomic E-state index is 0.139. The molecule has 0 fully saturated rings. The smallest absolute Gasteiger partial charge is 0.337 e. The highest BCUT2D eigenvalue weighted by atomic mass is 16.5. The molecule has 0 heterocycles. The molecule has 1 N–H and O–H groups in total. The Morgan fingerprint density at radius 2 is 1.61 bits per heavy atom. The number of hydrogen-bond donors (Lipinski definition) is 1. The Hall–Kier alpha value is -4.04. The van der Waals surface area contributed by atoms with Crippen molar-refractivity contribution >= 4 is 17.6 Å². The summed E-state index contributed by atoms with van der Waals surface area (Å²) in [5.41, 5.74) is 4.45. The minimum Gasteiger partial charge on any atom is -0.496 e. The van der Waals surface area contributed by atoms with Crippen LogP contribution in [-0.4, -0.2) is 26.1 Å². The second-order valence-electron chi connectivity index (χ2n) is 6.94. The SMILES string of the molecule is COC(=O)c1cccc(C#Cc2cccc(NC(=O)Cc3cc(C)ccc3OC)c2)c1. The normalized spacial score (nSPS) is 9.90. The zero-order valence-corrected chi connectivity index (χ0v) is 17.7. The van der Waals surface area contributed by atoms with E-state index >= 15 is 0 Å². The molecule has 0 atom stereocenters. The number of amides is 1. The Morgan fingerprint density at radius 3 is 2.32 bits per heavy atom. The van der Waals surface area contributed by atoms with Gasteiger partial charge in [0.15, 0.2) is 0 Å². The van der Waals surface area contributed by atoms with Crippen LogP contribution in [0.15, 0.2) is 66.7 Å². The fourth-order valence-electron chi connectivity index (χ4n) is 3.08. The van der Waals surface area contributed by atoms with Gasteiger partial charge in [0.05, 0.1) is 26.2 Å². The summed E-state index contributed by atoms with van der Waals surface area (Å²) >= 11 is 0. The first-order chi connectivity index (χ1) is 15.0. The zero-order valence-electron chi connectivity index (χ0n) is 17.7. The van der Waals surface area contributed by atoms with Gasteiger partial charge >= 0.3 is 5.97 Å². The van der Waals surface area contributed by atoms with Crippen molar-refractivity contribution in [2.45, 2.75) is 13.3 Å². The number of hydrogen-bond acceptors (Lipinski definition) is 4. The highest BCUT2D eigenvalue weighted by molar-refractivity contribution is 5.93. The van der Waals surface area contributed by atoms with E-state index in [2.05, 4.69) is 17.2 Å². The van der Waals surface area contributed by atoms with Crippen LogP contribution in [0.25, 0.3) is 0 Å². The van der Waals surface area contributed by atoms with E-state index in [0.29, 0.717) is 22.6 Å². The van der Waals surface area contributed by atoms with Crippen LogP contribution in [0.1, 0.15) is 32.6 Å². The second kappa shape index (κ2) is 10.1. The Balaban J connectivity index is 1.72. The molecule has 0 aliphatic heterocycles. The topological polar surface area (TPSA) is 64.6 Å². The summed E-state index contributed by atoms with van der Waals surface area (Å²) in [6.07, 6.45) is 0.209. The average molecular weight is 413 g/mol. The molecule has 0 saturated carbocycles. The van der Waals surface area contributed by atoms with E-state index in [1.54, 1.807) is 25.3 Å². The van der Waals surface area contributed by atoms with Crippen molar-refractivity contribution in [1.29, 1.82) is 0 Å². The van der Waals surface area contributed by atoms with Crippen molar-refractivity contribution in [3.63, 3.8) is 0 Å². The quantitative estimate of drug-likeness (QED) is 0.498. The van der Waals surface area contributed by atoms with Crippen molar-refractivity contribution in [3.05, 3.63) is 94.5 Å². The van der Waals surface area contributed by atoms with Gasteiger partial charge in [-0.05, 0) is 49.4 Å². The number of carbonyl (C=O) groups is 2. The predicted molar refractivity (Wildman–Crippen MR) is 120 cm³/mol. The number of rotatable bonds is 5. The Morgan fingerprint density at radius 1 is 0.903 bits per heavy atom. The molecular weight excluding hydrogens is 390 g/mol. The lowest BCUT2D eigenvalue weighted by Crippen LogP contribution is -2.15. The number of carbonyl (C=O) groups excluding carboxylic acids is 2. The lowest BCUT2D eigenvalue weighted by atomic mass is 10.1. The molecule has 0 bridgehead atoms. The fourth-order valence-corrected chi connectivity index (χ4v) is 3.08. The summed E-state index contributed by atoms with van der Waals surface area (Å²) in [6.45, 7) is 1.98. The molecule has 0 unspecified atom stereocenters. The van der Waals surface area contributed by atoms with Crippen molar-refractivity contribution in [1.82, 2.24) is 0 Å². The van der Waals surface area contributed by atoms with Crippen LogP contribution in [0.4, 0.5) is 5.69 Å². The first-order valence-electron chi connectivity index (χ1n) is 9.72. The molecule has 0 saturated heterocycles. The molecule has 5 nitrogen and oxygen atoms in total. The van der Waals surface area contributed by atoms with Crippen LogP contribution in [0.5, 0.6) is 5.75 Å². The van der Waals surface area contributed by atoms with Gasteiger partial charge in [-0.3, -0.25) is 4.79 Å². The maximum atomic E-state index is 12.5. The third-order valence-electron chi connectivity index (χ3n) is 4.57. The number of methoxy groups -OCH3 is 2. The van der Waals surface area contributed by atoms with Gasteiger partial charge < -0.3 is 14.8 Å². The maximum absolute atomic E-state index is 12.5. The lowest BCUT2D eigenvalue weighted by Gasteiger charge is -2.10. The van der Waals surface area contributed by atoms with E-state index in [-0.39, 0.29) is 12.3 Å². The number of benzene rings is 3. The lowest BCUT2D eigenvalue weighted by molar-refractivity contribution is -0.115. The molecule has 0 aliphatic carbocycles. The molecule has 5 heteroatoms. The predicted octanol–water partition coefficient (Wildman–Crippen LogP) is 4.37. The average Bonchev–Trinajstić information content (AvgIpc) is 2.77. The highest BCUT2D eigenvalue weighted by Crippen LogP contribution is 2.21. The van der Waals surface area contributed by atoms with E-state index < -0.39 is 5.97 Å². The number of ether oxygens (including phenoxy) is 2. The van der Waals surface area contributed by atoms with Crippen molar-refractivity contribution in [2.24, 2.45) is 0 Å². The summed E-state index contributed by atoms with van der Waals surface area (Å²) in [5, 5.41) is 2.91. The Kier molecular flexibility index (Phi) is 7.08. The Labute approximate surface area is 182 Å². The van der Waals surface area contributed by atoms with Crippen molar-refractivity contribution in [2.75, 3.05) is 19.5 Å². The maximum Gasteiger partial charge on any atom is 0.337 e. The summed E-state index contributed by atoms with van der Waals surface area (Å²) in [7, 11) is 2.94. The van der Waals surface area contributed by atoms with E-state index in [0.717, 1.165) is 16.7 Å². The van der Waals surface area contributed by atoms with Gasteiger partial charge in [-0.15, -0.1) is 0 Å². The minimum atomic E-state index is -0.404. The standard InChI is InChI=1S/C26H23NO4/c1-18-10-13-24(30-2)22(14-18)17-25(28)27-23-9-5-7-20(16-23)12-11-19-6-4-8-21(15-19)26(29)31-3/h4-10,13-16H,17H2,1-3H3,(H,27,28). The largest absolute Gasteiger partial charge is 0.496 e. The molecule has 31 heavy (non-hydrogen) atoms. The van der Waals surface area contributed by atoms with Gasteiger partial charge in [-0.2, -0.15) is 0 Å². The van der Waals surface area contributed by atoms with E-state index in [9.17, 15) is 9.59 Å². The monoisotopic (exact) mass is 413 g/mol. The molecule has 0 aliphatic rings. The van der Waals surface area contributed by atoms with Crippen LogP contribution in [-0.2, 0) is 16.0 Å². The molecule has 0 aromatic heterocycles. The zero-order chi connectivity index (χ0) is 22.2. The molecule has 0 radical (unpaired) electrons. The van der Waals surface area contributed by atoms with Crippen LogP contribution < -0.4 is 10.1 Å². The molecule has 1 amide bonds. The van der Waals surface area contributed by atoms with Gasteiger partial charge in [0.1, 0.15) is 5.75 Å². The molecule has 3 rings (SSSR count). The summed E-state index contributed by atoms with van der Waals surface area (Å²) in [4.78, 5) is 24.2. The van der Waals surface area contributed by atoms with Crippen LogP contribution >= 0.6 is 0 Å². The summed E-state index contributed by atoms with van der Waals surface area (Å²) in [6, 6.07) is 20.0.